The average molecular weight is 309 g/mol. The van der Waals surface area contributed by atoms with Crippen molar-refractivity contribution >= 4 is 0 Å². The Morgan fingerprint density at radius 2 is 1.25 bits per heavy atom. The molecule has 2 aromatic carbocycles. The Hall–Kier alpha value is -3.33. The molecule has 0 bridgehead atoms. The summed E-state index contributed by atoms with van der Waals surface area (Å²) in [4.78, 5) is 13.7. The van der Waals surface area contributed by atoms with Crippen molar-refractivity contribution in [2.24, 2.45) is 0 Å². The van der Waals surface area contributed by atoms with Crippen molar-refractivity contribution in [3.05, 3.63) is 91.4 Å². The number of benzene rings is 2. The van der Waals surface area contributed by atoms with Crippen LogP contribution in [-0.2, 0) is 0 Å². The maximum atomic E-state index is 4.84. The predicted octanol–water partition coefficient (Wildman–Crippen LogP) is 4.87. The minimum absolute atomic E-state index is 0.717. The van der Waals surface area contributed by atoms with Gasteiger partial charge in [-0.05, 0) is 17.7 Å². The van der Waals surface area contributed by atoms with E-state index < -0.39 is 0 Å². The van der Waals surface area contributed by atoms with Crippen LogP contribution in [0.1, 0.15) is 0 Å². The highest BCUT2D eigenvalue weighted by molar-refractivity contribution is 5.81. The van der Waals surface area contributed by atoms with E-state index in [2.05, 4.69) is 22.1 Å². The molecule has 4 aromatic rings. The Balaban J connectivity index is 1.92. The van der Waals surface area contributed by atoms with Crippen LogP contribution < -0.4 is 0 Å². The molecule has 0 amide bonds. The third-order valence-electron chi connectivity index (χ3n) is 3.84. The number of aromatic nitrogens is 3. The third-order valence-corrected chi connectivity index (χ3v) is 3.84. The van der Waals surface area contributed by atoms with Gasteiger partial charge in [-0.15, -0.1) is 0 Å². The van der Waals surface area contributed by atoms with Gasteiger partial charge in [0.1, 0.15) is 0 Å². The maximum absolute atomic E-state index is 4.84. The first-order chi connectivity index (χ1) is 11.9. The minimum Gasteiger partial charge on any atom is -0.264 e. The van der Waals surface area contributed by atoms with Crippen LogP contribution in [0.2, 0.25) is 0 Å². The van der Waals surface area contributed by atoms with Crippen molar-refractivity contribution in [2.45, 2.75) is 0 Å². The molecular formula is C21H15N3. The molecule has 0 aliphatic carbocycles. The first-order valence-electron chi connectivity index (χ1n) is 7.80. The SMILES string of the molecule is c1ccc(-c2ncc(-c3ccccc3)c(-c3cccnc3)n2)cc1. The zero-order valence-corrected chi connectivity index (χ0v) is 13.0. The Morgan fingerprint density at radius 3 is 1.92 bits per heavy atom. The van der Waals surface area contributed by atoms with Crippen molar-refractivity contribution in [2.75, 3.05) is 0 Å². The van der Waals surface area contributed by atoms with E-state index in [-0.39, 0.29) is 0 Å². The normalized spacial score (nSPS) is 10.5. The van der Waals surface area contributed by atoms with Gasteiger partial charge in [0.05, 0.1) is 5.69 Å². The van der Waals surface area contributed by atoms with Crippen LogP contribution in [0, 0.1) is 0 Å². The second-order valence-corrected chi connectivity index (χ2v) is 5.43. The number of rotatable bonds is 3. The molecule has 0 fully saturated rings. The van der Waals surface area contributed by atoms with Crippen LogP contribution in [0.15, 0.2) is 91.4 Å². The number of nitrogens with zero attached hydrogens (tertiary/aromatic N) is 3. The van der Waals surface area contributed by atoms with E-state index in [9.17, 15) is 0 Å². The smallest absolute Gasteiger partial charge is 0.159 e. The quantitative estimate of drug-likeness (QED) is 0.542. The van der Waals surface area contributed by atoms with Crippen LogP contribution in [0.3, 0.4) is 0 Å². The van der Waals surface area contributed by atoms with Gasteiger partial charge >= 0.3 is 0 Å². The lowest BCUT2D eigenvalue weighted by Gasteiger charge is -2.10. The molecule has 2 heterocycles. The van der Waals surface area contributed by atoms with Crippen molar-refractivity contribution < 1.29 is 0 Å². The van der Waals surface area contributed by atoms with Gasteiger partial charge in [0.25, 0.3) is 0 Å². The van der Waals surface area contributed by atoms with Gasteiger partial charge in [0.2, 0.25) is 0 Å². The zero-order valence-electron chi connectivity index (χ0n) is 13.0. The van der Waals surface area contributed by atoms with Crippen LogP contribution in [-0.4, -0.2) is 15.0 Å². The second-order valence-electron chi connectivity index (χ2n) is 5.43. The molecule has 114 valence electrons. The van der Waals surface area contributed by atoms with Crippen LogP contribution in [0.25, 0.3) is 33.8 Å². The van der Waals surface area contributed by atoms with Crippen molar-refractivity contribution in [1.82, 2.24) is 15.0 Å². The summed E-state index contributed by atoms with van der Waals surface area (Å²) in [5.41, 5.74) is 4.97. The summed E-state index contributed by atoms with van der Waals surface area (Å²) >= 11 is 0. The van der Waals surface area contributed by atoms with Gasteiger partial charge < -0.3 is 0 Å². The van der Waals surface area contributed by atoms with E-state index in [4.69, 9.17) is 4.98 Å². The first-order valence-corrected chi connectivity index (χ1v) is 7.80. The molecule has 0 spiro atoms. The van der Waals surface area contributed by atoms with Gasteiger partial charge in [0.15, 0.2) is 5.82 Å². The standard InChI is InChI=1S/C21H15N3/c1-3-8-16(9-4-1)19-15-23-21(17-10-5-2-6-11-17)24-20(19)18-12-7-13-22-14-18/h1-15H. The minimum atomic E-state index is 0.717. The van der Waals surface area contributed by atoms with Crippen molar-refractivity contribution in [1.29, 1.82) is 0 Å². The van der Waals surface area contributed by atoms with E-state index in [0.29, 0.717) is 5.82 Å². The summed E-state index contributed by atoms with van der Waals surface area (Å²) in [6.07, 6.45) is 5.50. The molecule has 3 heteroatoms. The highest BCUT2D eigenvalue weighted by Gasteiger charge is 2.12. The topological polar surface area (TPSA) is 38.7 Å². The third kappa shape index (κ3) is 2.79. The first kappa shape index (κ1) is 14.3. The van der Waals surface area contributed by atoms with Gasteiger partial charge in [0, 0.05) is 35.3 Å². The Labute approximate surface area is 140 Å². The molecule has 0 aliphatic heterocycles. The molecule has 0 atom stereocenters. The van der Waals surface area contributed by atoms with Gasteiger partial charge in [-0.3, -0.25) is 4.98 Å². The molecular weight excluding hydrogens is 294 g/mol. The average Bonchev–Trinajstić information content (AvgIpc) is 2.69. The largest absolute Gasteiger partial charge is 0.264 e. The van der Waals surface area contributed by atoms with Crippen LogP contribution >= 0.6 is 0 Å². The molecule has 0 radical (unpaired) electrons. The monoisotopic (exact) mass is 309 g/mol. The summed E-state index contributed by atoms with van der Waals surface area (Å²) in [6.45, 7) is 0. The van der Waals surface area contributed by atoms with E-state index in [0.717, 1.165) is 27.9 Å². The lowest BCUT2D eigenvalue weighted by atomic mass is 10.0. The molecule has 0 N–H and O–H groups in total. The molecule has 4 rings (SSSR count). The highest BCUT2D eigenvalue weighted by Crippen LogP contribution is 2.31. The molecule has 0 unspecified atom stereocenters. The fraction of sp³-hybridized carbons (Fsp3) is 0. The molecule has 3 nitrogen and oxygen atoms in total. The van der Waals surface area contributed by atoms with Gasteiger partial charge in [-0.25, -0.2) is 9.97 Å². The van der Waals surface area contributed by atoms with Gasteiger partial charge in [-0.2, -0.15) is 0 Å². The fourth-order valence-electron chi connectivity index (χ4n) is 2.66. The van der Waals surface area contributed by atoms with E-state index >= 15 is 0 Å². The number of hydrogen-bond acceptors (Lipinski definition) is 3. The number of pyridine rings is 1. The van der Waals surface area contributed by atoms with Crippen molar-refractivity contribution in [3.8, 4) is 33.8 Å². The van der Waals surface area contributed by atoms with E-state index in [1.54, 1.807) is 6.20 Å². The lowest BCUT2D eigenvalue weighted by Crippen LogP contribution is -1.96. The van der Waals surface area contributed by atoms with Crippen LogP contribution in [0.4, 0.5) is 0 Å². The summed E-state index contributed by atoms with van der Waals surface area (Å²) in [5, 5.41) is 0. The van der Waals surface area contributed by atoms with E-state index in [1.165, 1.54) is 0 Å². The van der Waals surface area contributed by atoms with Gasteiger partial charge in [-0.1, -0.05) is 60.7 Å². The highest BCUT2D eigenvalue weighted by atomic mass is 14.9. The molecule has 0 saturated carbocycles. The van der Waals surface area contributed by atoms with E-state index in [1.807, 2.05) is 73.1 Å². The zero-order chi connectivity index (χ0) is 16.2. The lowest BCUT2D eigenvalue weighted by molar-refractivity contribution is 1.17. The Kier molecular flexibility index (Phi) is 3.82. The Morgan fingerprint density at radius 1 is 0.583 bits per heavy atom. The predicted molar refractivity (Wildman–Crippen MR) is 96.1 cm³/mol. The molecule has 0 aliphatic rings. The summed E-state index contributed by atoms with van der Waals surface area (Å²) in [5.74, 6) is 0.717. The fourth-order valence-corrected chi connectivity index (χ4v) is 2.66. The van der Waals surface area contributed by atoms with Crippen LogP contribution in [0.5, 0.6) is 0 Å². The maximum Gasteiger partial charge on any atom is 0.159 e. The summed E-state index contributed by atoms with van der Waals surface area (Å²) < 4.78 is 0. The number of hydrogen-bond donors (Lipinski definition) is 0. The Bertz CT molecular complexity index is 936. The van der Waals surface area contributed by atoms with Crippen molar-refractivity contribution in [3.63, 3.8) is 0 Å². The molecule has 0 saturated heterocycles. The molecule has 24 heavy (non-hydrogen) atoms. The summed E-state index contributed by atoms with van der Waals surface area (Å²) in [6, 6.07) is 24.2. The second kappa shape index (κ2) is 6.42. The summed E-state index contributed by atoms with van der Waals surface area (Å²) in [7, 11) is 0. The molecule has 2 aromatic heterocycles.